The maximum absolute atomic E-state index is 15.0. The van der Waals surface area contributed by atoms with Gasteiger partial charge in [-0.25, -0.2) is 4.79 Å². The Morgan fingerprint density at radius 3 is 2.17 bits per heavy atom. The molecule has 0 aromatic heterocycles. The normalized spacial score (nSPS) is 36.5. The topological polar surface area (TPSA) is 134 Å². The summed E-state index contributed by atoms with van der Waals surface area (Å²) in [5, 5.41) is 24.5. The zero-order valence-electron chi connectivity index (χ0n) is 23.9. The molecule has 0 aromatic rings. The number of hydrogen-bond acceptors (Lipinski definition) is 10. The highest BCUT2D eigenvalue weighted by Gasteiger charge is 2.88. The molecule has 0 saturated heterocycles. The maximum Gasteiger partial charge on any atom is 0.341 e. The van der Waals surface area contributed by atoms with Gasteiger partial charge in [0.1, 0.15) is 21.1 Å². The number of Topliss-reactive ketones (excluding diaryl/α,β-unsaturated/α-hetero) is 2. The number of rotatable bonds is 6. The van der Waals surface area contributed by atoms with E-state index in [0.29, 0.717) is 28.5 Å². The highest BCUT2D eigenvalue weighted by atomic mass is 32.2. The summed E-state index contributed by atoms with van der Waals surface area (Å²) in [7, 11) is 2.43. The first kappa shape index (κ1) is 28.5. The zero-order valence-corrected chi connectivity index (χ0v) is 25.6. The lowest BCUT2D eigenvalue weighted by Crippen LogP contribution is -2.70. The van der Waals surface area contributed by atoms with Crippen LogP contribution in [0.5, 0.6) is 0 Å². The van der Waals surface area contributed by atoms with Crippen molar-refractivity contribution in [1.82, 2.24) is 0 Å². The number of carbonyl (C=O) groups is 4. The molecule has 0 fully saturated rings. The van der Waals surface area contributed by atoms with Crippen LogP contribution in [0.3, 0.4) is 0 Å². The van der Waals surface area contributed by atoms with E-state index in [0.717, 1.165) is 17.3 Å². The standard InChI is InChI=1S/C32H28N2O6S2/c1-15(2)17-11-22-23(27(37)39-5)25(35)32(42-14-34)20-7-8-21-24(41-13-33)26(36)31(28(38)40-6)19(17)9-10-29(22,32)30(21,31)12-18(20)16(3)4/h7-12,15-16,19-20H,1-6H3/t19-,20-,29-,30+,31+,32+/m0/s1. The quantitative estimate of drug-likeness (QED) is 0.138. The smallest absolute Gasteiger partial charge is 0.341 e. The van der Waals surface area contributed by atoms with Crippen molar-refractivity contribution in [3.63, 3.8) is 0 Å². The molecule has 0 unspecified atom stereocenters. The average molecular weight is 601 g/mol. The second-order valence-electron chi connectivity index (χ2n) is 12.0. The van der Waals surface area contributed by atoms with E-state index < -0.39 is 56.3 Å². The number of methoxy groups -OCH3 is 2. The van der Waals surface area contributed by atoms with Crippen LogP contribution in [-0.2, 0) is 28.7 Å². The molecule has 2 spiro atoms. The Morgan fingerprint density at radius 1 is 0.905 bits per heavy atom. The molecule has 0 saturated carbocycles. The molecule has 0 N–H and O–H groups in total. The first-order valence-electron chi connectivity index (χ1n) is 13.7. The summed E-state index contributed by atoms with van der Waals surface area (Å²) in [5.74, 6) is -4.65. The van der Waals surface area contributed by atoms with Crippen LogP contribution >= 0.6 is 23.5 Å². The fraction of sp³-hybridized carbons (Fsp3) is 0.438. The molecule has 0 radical (unpaired) electrons. The predicted molar refractivity (Wildman–Crippen MR) is 156 cm³/mol. The SMILES string of the molecule is COC(=O)C1=C2C=C(C(C)C)[C@@H]3C=C[C@@]24[C@@]25C=C(C(C)C)[C@H](C=CC2=C(SC#N)C(=O)[C@@]35C(=O)OC)[C@@]4(SC#N)C1=O. The van der Waals surface area contributed by atoms with E-state index in [1.54, 1.807) is 18.2 Å². The van der Waals surface area contributed by atoms with Crippen LogP contribution in [0.2, 0.25) is 0 Å². The molecule has 214 valence electrons. The molecule has 0 amide bonds. The van der Waals surface area contributed by atoms with Gasteiger partial charge in [-0.15, -0.1) is 0 Å². The largest absolute Gasteiger partial charge is 0.468 e. The van der Waals surface area contributed by atoms with Gasteiger partial charge in [0, 0.05) is 11.8 Å². The minimum atomic E-state index is -1.95. The first-order valence-corrected chi connectivity index (χ1v) is 15.3. The monoisotopic (exact) mass is 600 g/mol. The minimum Gasteiger partial charge on any atom is -0.468 e. The van der Waals surface area contributed by atoms with Gasteiger partial charge >= 0.3 is 11.9 Å². The van der Waals surface area contributed by atoms with Gasteiger partial charge in [0.25, 0.3) is 0 Å². The number of thioether (sulfide) groups is 2. The number of carbonyl (C=O) groups excluding carboxylic acids is 4. The Labute approximate surface area is 252 Å². The van der Waals surface area contributed by atoms with Crippen molar-refractivity contribution < 1.29 is 28.7 Å². The lowest BCUT2D eigenvalue weighted by molar-refractivity contribution is -0.170. The van der Waals surface area contributed by atoms with Crippen LogP contribution in [0.1, 0.15) is 27.7 Å². The first-order chi connectivity index (χ1) is 20.0. The summed E-state index contributed by atoms with van der Waals surface area (Å²) in [5.41, 5.74) is -3.08. The second-order valence-corrected chi connectivity index (χ2v) is 13.8. The van der Waals surface area contributed by atoms with Crippen LogP contribution in [0.4, 0.5) is 0 Å². The van der Waals surface area contributed by atoms with Gasteiger partial charge in [0.05, 0.1) is 30.0 Å². The van der Waals surface area contributed by atoms with E-state index in [9.17, 15) is 20.1 Å². The Morgan fingerprint density at radius 2 is 1.60 bits per heavy atom. The Kier molecular flexibility index (Phi) is 6.08. The summed E-state index contributed by atoms with van der Waals surface area (Å²) in [4.78, 5) is 58.3. The van der Waals surface area contributed by atoms with Gasteiger partial charge in [0.15, 0.2) is 17.0 Å². The van der Waals surface area contributed by atoms with E-state index in [4.69, 9.17) is 9.47 Å². The summed E-state index contributed by atoms with van der Waals surface area (Å²) in [6.45, 7) is 7.76. The van der Waals surface area contributed by atoms with Crippen molar-refractivity contribution in [3.8, 4) is 10.8 Å². The number of hydrogen-bond donors (Lipinski definition) is 0. The van der Waals surface area contributed by atoms with Crippen LogP contribution < -0.4 is 0 Å². The lowest BCUT2D eigenvalue weighted by Gasteiger charge is -2.64. The van der Waals surface area contributed by atoms with Crippen LogP contribution in [0, 0.1) is 61.2 Å². The third kappa shape index (κ3) is 2.60. The van der Waals surface area contributed by atoms with Gasteiger partial charge in [0.2, 0.25) is 0 Å². The lowest BCUT2D eigenvalue weighted by atomic mass is 9.37. The fourth-order valence-electron chi connectivity index (χ4n) is 8.92. The number of ketones is 2. The third-order valence-electron chi connectivity index (χ3n) is 10.2. The molecule has 6 atom stereocenters. The van der Waals surface area contributed by atoms with Crippen molar-refractivity contribution in [2.24, 2.45) is 39.9 Å². The molecule has 8 aliphatic carbocycles. The van der Waals surface area contributed by atoms with Crippen molar-refractivity contribution >= 4 is 47.0 Å². The number of esters is 2. The molecule has 8 nitrogen and oxygen atoms in total. The predicted octanol–water partition coefficient (Wildman–Crippen LogP) is 4.74. The highest BCUT2D eigenvalue weighted by Crippen LogP contribution is 2.84. The third-order valence-corrected chi connectivity index (χ3v) is 12.1. The molecule has 42 heavy (non-hydrogen) atoms. The van der Waals surface area contributed by atoms with Crippen molar-refractivity contribution in [1.29, 1.82) is 10.5 Å². The van der Waals surface area contributed by atoms with Gasteiger partial charge in [-0.1, -0.05) is 75.3 Å². The molecule has 4 bridgehead atoms. The highest BCUT2D eigenvalue weighted by molar-refractivity contribution is 8.08. The van der Waals surface area contributed by atoms with E-state index >= 15 is 9.59 Å². The second kappa shape index (κ2) is 8.95. The molecule has 0 aliphatic heterocycles. The number of allylic oxidation sites excluding steroid dienone is 11. The van der Waals surface area contributed by atoms with Gasteiger partial charge in [-0.05, 0) is 46.5 Å². The summed E-state index contributed by atoms with van der Waals surface area (Å²) in [6.07, 6.45) is 11.0. The number of nitrogens with zero attached hydrogens (tertiary/aromatic N) is 2. The Bertz CT molecular complexity index is 1700. The molecule has 0 heterocycles. The number of thiocyanates is 2. The molecule has 8 rings (SSSR count). The van der Waals surface area contributed by atoms with Crippen molar-refractivity contribution in [2.75, 3.05) is 14.2 Å². The molecular formula is C32H28N2O6S2. The van der Waals surface area contributed by atoms with Crippen LogP contribution in [0.25, 0.3) is 0 Å². The van der Waals surface area contributed by atoms with E-state index in [1.807, 2.05) is 51.3 Å². The van der Waals surface area contributed by atoms with Crippen LogP contribution in [0.15, 0.2) is 69.2 Å². The van der Waals surface area contributed by atoms with Crippen LogP contribution in [-0.4, -0.2) is 42.5 Å². The van der Waals surface area contributed by atoms with E-state index in [1.165, 1.54) is 14.2 Å². The minimum absolute atomic E-state index is 0.105. The summed E-state index contributed by atoms with van der Waals surface area (Å²) in [6, 6.07) is 0. The average Bonchev–Trinajstić information content (AvgIpc) is 3.13. The van der Waals surface area contributed by atoms with Crippen molar-refractivity contribution in [3.05, 3.63) is 69.2 Å². The molecule has 0 aromatic carbocycles. The Balaban J connectivity index is 1.98. The fourth-order valence-corrected chi connectivity index (χ4v) is 10.8. The summed E-state index contributed by atoms with van der Waals surface area (Å²) >= 11 is 1.46. The Hall–Kier alpha value is -3.60. The zero-order chi connectivity index (χ0) is 30.6. The number of nitriles is 2. The van der Waals surface area contributed by atoms with E-state index in [2.05, 4.69) is 5.40 Å². The van der Waals surface area contributed by atoms with Gasteiger partial charge < -0.3 is 9.47 Å². The maximum atomic E-state index is 15.0. The molecular weight excluding hydrogens is 572 g/mol. The van der Waals surface area contributed by atoms with Gasteiger partial charge in [-0.2, -0.15) is 10.5 Å². The number of ether oxygens (including phenoxy) is 2. The molecule has 10 heteroatoms. The molecule has 8 aliphatic rings. The van der Waals surface area contributed by atoms with Gasteiger partial charge in [-0.3, -0.25) is 14.4 Å². The summed E-state index contributed by atoms with van der Waals surface area (Å²) < 4.78 is 9.04. The van der Waals surface area contributed by atoms with E-state index in [-0.39, 0.29) is 22.3 Å². The van der Waals surface area contributed by atoms with Crippen molar-refractivity contribution in [2.45, 2.75) is 32.4 Å².